The van der Waals surface area contributed by atoms with Gasteiger partial charge >= 0.3 is 0 Å². The van der Waals surface area contributed by atoms with Crippen molar-refractivity contribution in [1.82, 2.24) is 9.62 Å². The number of amides is 1. The summed E-state index contributed by atoms with van der Waals surface area (Å²) in [6.45, 7) is 3.67. The Morgan fingerprint density at radius 3 is 2.39 bits per heavy atom. The summed E-state index contributed by atoms with van der Waals surface area (Å²) in [4.78, 5) is 12.5. The van der Waals surface area contributed by atoms with Gasteiger partial charge in [-0.15, -0.1) is 0 Å². The van der Waals surface area contributed by atoms with Crippen LogP contribution in [0.25, 0.3) is 0 Å². The van der Waals surface area contributed by atoms with Crippen molar-refractivity contribution in [3.63, 3.8) is 0 Å². The number of nitrogens with one attached hydrogen (secondary N) is 1. The monoisotopic (exact) mass is 442 g/mol. The minimum Gasteiger partial charge on any atom is -0.353 e. The van der Waals surface area contributed by atoms with E-state index < -0.39 is 10.0 Å². The molecule has 1 N–H and O–H groups in total. The highest BCUT2D eigenvalue weighted by Gasteiger charge is 2.27. The fourth-order valence-electron chi connectivity index (χ4n) is 2.81. The van der Waals surface area contributed by atoms with Crippen LogP contribution in [0.2, 0.25) is 10.0 Å². The molecule has 2 rings (SSSR count). The predicted octanol–water partition coefficient (Wildman–Crippen LogP) is 4.49. The zero-order chi connectivity index (χ0) is 20.7. The van der Waals surface area contributed by atoms with Gasteiger partial charge in [0.25, 0.3) is 0 Å². The molecule has 152 valence electrons. The maximum atomic E-state index is 13.1. The molecule has 0 heterocycles. The third-order valence-corrected chi connectivity index (χ3v) is 6.44. The molecule has 0 fully saturated rings. The van der Waals surface area contributed by atoms with E-state index in [-0.39, 0.29) is 29.9 Å². The molecule has 5 nitrogen and oxygen atoms in total. The summed E-state index contributed by atoms with van der Waals surface area (Å²) >= 11 is 11.9. The summed E-state index contributed by atoms with van der Waals surface area (Å²) in [5.74, 6) is -0.347. The minimum atomic E-state index is -3.90. The van der Waals surface area contributed by atoms with E-state index in [0.29, 0.717) is 15.6 Å². The van der Waals surface area contributed by atoms with E-state index in [2.05, 4.69) is 5.32 Å². The van der Waals surface area contributed by atoms with Crippen molar-refractivity contribution in [3.05, 3.63) is 64.1 Å². The van der Waals surface area contributed by atoms with E-state index in [1.807, 2.05) is 13.8 Å². The van der Waals surface area contributed by atoms with E-state index in [1.54, 1.807) is 24.3 Å². The van der Waals surface area contributed by atoms with Crippen molar-refractivity contribution in [3.8, 4) is 0 Å². The fourth-order valence-corrected chi connectivity index (χ4v) is 4.53. The number of benzene rings is 2. The highest BCUT2D eigenvalue weighted by molar-refractivity contribution is 7.89. The number of sulfonamides is 1. The summed E-state index contributed by atoms with van der Waals surface area (Å²) in [6, 6.07) is 12.8. The van der Waals surface area contributed by atoms with E-state index in [1.165, 1.54) is 24.3 Å². The normalized spacial score (nSPS) is 12.8. The maximum Gasteiger partial charge on any atom is 0.243 e. The minimum absolute atomic E-state index is 0.0243. The van der Waals surface area contributed by atoms with Crippen LogP contribution in [-0.2, 0) is 21.4 Å². The van der Waals surface area contributed by atoms with Crippen molar-refractivity contribution >= 4 is 39.1 Å². The van der Waals surface area contributed by atoms with Gasteiger partial charge in [-0.05, 0) is 55.3 Å². The number of hydrogen-bond acceptors (Lipinski definition) is 3. The number of hydrogen-bond donors (Lipinski definition) is 1. The second kappa shape index (κ2) is 10.3. The van der Waals surface area contributed by atoms with Crippen LogP contribution in [0.3, 0.4) is 0 Å². The van der Waals surface area contributed by atoms with Gasteiger partial charge in [-0.3, -0.25) is 4.79 Å². The molecular formula is C20H24Cl2N2O3S. The van der Waals surface area contributed by atoms with Crippen LogP contribution in [0.4, 0.5) is 0 Å². The van der Waals surface area contributed by atoms with Crippen LogP contribution in [0.5, 0.6) is 0 Å². The summed E-state index contributed by atoms with van der Waals surface area (Å²) in [5.41, 5.74) is 0.694. The number of nitrogens with zero attached hydrogens (tertiary/aromatic N) is 1. The lowest BCUT2D eigenvalue weighted by Crippen LogP contribution is -2.43. The Balaban J connectivity index is 2.29. The van der Waals surface area contributed by atoms with Gasteiger partial charge in [0.15, 0.2) is 0 Å². The summed E-state index contributed by atoms with van der Waals surface area (Å²) in [5, 5.41) is 3.79. The third-order valence-electron chi connectivity index (χ3n) is 4.15. The Kier molecular flexibility index (Phi) is 8.31. The average molecular weight is 443 g/mol. The van der Waals surface area contributed by atoms with Crippen molar-refractivity contribution < 1.29 is 13.2 Å². The highest BCUT2D eigenvalue weighted by Crippen LogP contribution is 2.21. The Labute approximate surface area is 176 Å². The molecule has 0 aliphatic carbocycles. The molecule has 0 aliphatic rings. The molecule has 0 aliphatic heterocycles. The first-order chi connectivity index (χ1) is 13.2. The van der Waals surface area contributed by atoms with Gasteiger partial charge in [-0.2, -0.15) is 4.31 Å². The molecule has 0 bridgehead atoms. The van der Waals surface area contributed by atoms with Crippen molar-refractivity contribution in [2.24, 2.45) is 0 Å². The number of rotatable bonds is 9. The van der Waals surface area contributed by atoms with Crippen molar-refractivity contribution in [1.29, 1.82) is 0 Å². The maximum absolute atomic E-state index is 13.1. The number of halogens is 2. The molecular weight excluding hydrogens is 419 g/mol. The lowest BCUT2D eigenvalue weighted by molar-refractivity contribution is -0.122. The van der Waals surface area contributed by atoms with Crippen LogP contribution in [0.1, 0.15) is 32.3 Å². The summed E-state index contributed by atoms with van der Waals surface area (Å²) < 4.78 is 27.4. The van der Waals surface area contributed by atoms with Gasteiger partial charge in [-0.25, -0.2) is 8.42 Å². The Morgan fingerprint density at radius 1 is 1.11 bits per heavy atom. The van der Waals surface area contributed by atoms with Crippen molar-refractivity contribution in [2.75, 3.05) is 6.54 Å². The van der Waals surface area contributed by atoms with Crippen molar-refractivity contribution in [2.45, 2.75) is 44.2 Å². The molecule has 0 radical (unpaired) electrons. The summed E-state index contributed by atoms with van der Waals surface area (Å²) in [7, 11) is -3.90. The Bertz CT molecular complexity index is 902. The zero-order valence-electron chi connectivity index (χ0n) is 15.9. The molecule has 1 amide bonds. The molecule has 0 spiro atoms. The molecule has 0 unspecified atom stereocenters. The molecule has 0 aromatic heterocycles. The lowest BCUT2D eigenvalue weighted by atomic mass is 10.2. The first-order valence-corrected chi connectivity index (χ1v) is 11.2. The highest BCUT2D eigenvalue weighted by atomic mass is 35.5. The third kappa shape index (κ3) is 6.48. The van der Waals surface area contributed by atoms with Gasteiger partial charge < -0.3 is 5.32 Å². The van der Waals surface area contributed by atoms with Gasteiger partial charge in [0.2, 0.25) is 15.9 Å². The van der Waals surface area contributed by atoms with Crippen LogP contribution in [0, 0.1) is 0 Å². The van der Waals surface area contributed by atoms with Gasteiger partial charge in [-0.1, -0.05) is 48.7 Å². The Morgan fingerprint density at radius 2 is 1.79 bits per heavy atom. The van der Waals surface area contributed by atoms with E-state index >= 15 is 0 Å². The van der Waals surface area contributed by atoms with Crippen LogP contribution >= 0.6 is 23.2 Å². The topological polar surface area (TPSA) is 66.5 Å². The molecule has 2 aromatic rings. The van der Waals surface area contributed by atoms with Gasteiger partial charge in [0.1, 0.15) is 0 Å². The molecule has 0 saturated heterocycles. The number of carbonyl (C=O) groups excluding carboxylic acids is 1. The van der Waals surface area contributed by atoms with Crippen LogP contribution in [0.15, 0.2) is 53.4 Å². The van der Waals surface area contributed by atoms with Crippen LogP contribution in [-0.4, -0.2) is 31.2 Å². The SMILES string of the molecule is CCC[C@H](C)NC(=O)CN(Cc1cccc(Cl)c1)S(=O)(=O)c1ccc(Cl)cc1. The Hall–Kier alpha value is -1.60. The average Bonchev–Trinajstić information content (AvgIpc) is 2.61. The second-order valence-electron chi connectivity index (χ2n) is 6.61. The fraction of sp³-hybridized carbons (Fsp3) is 0.350. The second-order valence-corrected chi connectivity index (χ2v) is 9.42. The first kappa shape index (κ1) is 22.7. The van der Waals surface area contributed by atoms with Gasteiger partial charge in [0, 0.05) is 22.6 Å². The first-order valence-electron chi connectivity index (χ1n) is 9.02. The van der Waals surface area contributed by atoms with E-state index in [9.17, 15) is 13.2 Å². The quantitative estimate of drug-likeness (QED) is 0.621. The lowest BCUT2D eigenvalue weighted by Gasteiger charge is -2.23. The molecule has 2 aromatic carbocycles. The number of carbonyl (C=O) groups is 1. The smallest absolute Gasteiger partial charge is 0.243 e. The van der Waals surface area contributed by atoms with E-state index in [4.69, 9.17) is 23.2 Å². The predicted molar refractivity (Wildman–Crippen MR) is 113 cm³/mol. The molecule has 0 saturated carbocycles. The standard InChI is InChI=1S/C20H24Cl2N2O3S/c1-3-5-15(2)23-20(25)14-24(13-16-6-4-7-18(22)12-16)28(26,27)19-10-8-17(21)9-11-19/h4,6-12,15H,3,5,13-14H2,1-2H3,(H,23,25)/t15-/m0/s1. The molecule has 8 heteroatoms. The molecule has 28 heavy (non-hydrogen) atoms. The zero-order valence-corrected chi connectivity index (χ0v) is 18.2. The largest absolute Gasteiger partial charge is 0.353 e. The molecule has 1 atom stereocenters. The van der Waals surface area contributed by atoms with E-state index in [0.717, 1.165) is 17.1 Å². The van der Waals surface area contributed by atoms with Crippen LogP contribution < -0.4 is 5.32 Å². The van der Waals surface area contributed by atoms with Gasteiger partial charge in [0.05, 0.1) is 11.4 Å². The summed E-state index contributed by atoms with van der Waals surface area (Å²) in [6.07, 6.45) is 1.75.